The van der Waals surface area contributed by atoms with Crippen molar-refractivity contribution >= 4 is 30.1 Å². The molecule has 0 spiro atoms. The second-order valence-corrected chi connectivity index (χ2v) is 5.53. The van der Waals surface area contributed by atoms with E-state index in [1.807, 2.05) is 30.5 Å². The number of piperidine rings is 1. The lowest BCUT2D eigenvalue weighted by atomic mass is 10.2. The van der Waals surface area contributed by atoms with Gasteiger partial charge in [0.15, 0.2) is 0 Å². The first kappa shape index (κ1) is 13.7. The minimum atomic E-state index is 0. The summed E-state index contributed by atoms with van der Waals surface area (Å²) in [5.41, 5.74) is 0.804. The molecule has 0 bridgehead atoms. The van der Waals surface area contributed by atoms with Crippen LogP contribution in [0.3, 0.4) is 0 Å². The molecule has 1 saturated heterocycles. The van der Waals surface area contributed by atoms with E-state index in [9.17, 15) is 4.79 Å². The molecule has 98 valence electrons. The maximum atomic E-state index is 12.2. The molecule has 0 aromatic heterocycles. The summed E-state index contributed by atoms with van der Waals surface area (Å²) in [5.74, 6) is 1.41. The highest BCUT2D eigenvalue weighted by Crippen LogP contribution is 2.41. The number of hydrogen-bond acceptors (Lipinski definition) is 3. The average Bonchev–Trinajstić information content (AvgIpc) is 2.80. The Morgan fingerprint density at radius 1 is 1.33 bits per heavy atom. The number of amides is 1. The lowest BCUT2D eigenvalue weighted by Crippen LogP contribution is -2.32. The predicted molar refractivity (Wildman–Crippen MR) is 76.6 cm³/mol. The highest BCUT2D eigenvalue weighted by molar-refractivity contribution is 7.98. The highest BCUT2D eigenvalue weighted by Gasteiger charge is 2.53. The number of hydrogen-bond donors (Lipinski definition) is 2. The molecule has 1 saturated carbocycles. The van der Waals surface area contributed by atoms with Gasteiger partial charge in [0.25, 0.3) is 5.91 Å². The zero-order valence-electron chi connectivity index (χ0n) is 10.2. The SMILES string of the molecule is CSc1ccccc1C(=O)NC1C2CNCC21.Cl. The number of carbonyl (C=O) groups excluding carboxylic acids is 1. The van der Waals surface area contributed by atoms with Crippen LogP contribution in [0.5, 0.6) is 0 Å². The van der Waals surface area contributed by atoms with Crippen LogP contribution >= 0.6 is 24.2 Å². The lowest BCUT2D eigenvalue weighted by molar-refractivity contribution is 0.0943. The van der Waals surface area contributed by atoms with Crippen LogP contribution < -0.4 is 10.6 Å². The van der Waals surface area contributed by atoms with Gasteiger partial charge in [-0.3, -0.25) is 4.79 Å². The molecule has 2 atom stereocenters. The Labute approximate surface area is 118 Å². The van der Waals surface area contributed by atoms with Crippen LogP contribution in [0.1, 0.15) is 10.4 Å². The van der Waals surface area contributed by atoms with Gasteiger partial charge in [0, 0.05) is 24.0 Å². The highest BCUT2D eigenvalue weighted by atomic mass is 35.5. The van der Waals surface area contributed by atoms with Gasteiger partial charge in [-0.15, -0.1) is 24.2 Å². The van der Waals surface area contributed by atoms with E-state index < -0.39 is 0 Å². The first-order chi connectivity index (χ1) is 8.31. The fraction of sp³-hybridized carbons (Fsp3) is 0.462. The fourth-order valence-electron chi connectivity index (χ4n) is 2.69. The van der Waals surface area contributed by atoms with E-state index in [4.69, 9.17) is 0 Å². The molecule has 1 aliphatic carbocycles. The van der Waals surface area contributed by atoms with Gasteiger partial charge in [-0.05, 0) is 30.2 Å². The summed E-state index contributed by atoms with van der Waals surface area (Å²) in [4.78, 5) is 13.2. The summed E-state index contributed by atoms with van der Waals surface area (Å²) >= 11 is 1.62. The standard InChI is InChI=1S/C13H16N2OS.ClH/c1-17-11-5-3-2-4-8(11)13(16)15-12-9-6-14-7-10(9)12;/h2-5,9-10,12,14H,6-7H2,1H3,(H,15,16);1H. The van der Waals surface area contributed by atoms with E-state index in [-0.39, 0.29) is 18.3 Å². The van der Waals surface area contributed by atoms with Gasteiger partial charge in [0.05, 0.1) is 5.56 Å². The summed E-state index contributed by atoms with van der Waals surface area (Å²) in [6.45, 7) is 2.11. The Bertz CT molecular complexity index is 444. The van der Waals surface area contributed by atoms with Gasteiger partial charge in [0.2, 0.25) is 0 Å². The van der Waals surface area contributed by atoms with Crippen molar-refractivity contribution in [1.29, 1.82) is 0 Å². The van der Waals surface area contributed by atoms with Gasteiger partial charge in [-0.2, -0.15) is 0 Å². The minimum Gasteiger partial charge on any atom is -0.349 e. The Hall–Kier alpha value is -0.710. The molecule has 2 unspecified atom stereocenters. The molecule has 3 rings (SSSR count). The minimum absolute atomic E-state index is 0. The molecule has 3 nitrogen and oxygen atoms in total. The quantitative estimate of drug-likeness (QED) is 0.832. The number of nitrogens with one attached hydrogen (secondary N) is 2. The van der Waals surface area contributed by atoms with Gasteiger partial charge in [-0.25, -0.2) is 0 Å². The second kappa shape index (κ2) is 5.51. The van der Waals surface area contributed by atoms with Crippen molar-refractivity contribution in [2.45, 2.75) is 10.9 Å². The van der Waals surface area contributed by atoms with Gasteiger partial charge in [0.1, 0.15) is 0 Å². The van der Waals surface area contributed by atoms with Crippen LogP contribution in [-0.4, -0.2) is 31.3 Å². The molecule has 1 heterocycles. The molecule has 1 aromatic rings. The fourth-order valence-corrected chi connectivity index (χ4v) is 3.29. The van der Waals surface area contributed by atoms with Gasteiger partial charge in [-0.1, -0.05) is 12.1 Å². The Morgan fingerprint density at radius 3 is 2.67 bits per heavy atom. The summed E-state index contributed by atoms with van der Waals surface area (Å²) in [6, 6.07) is 8.19. The Morgan fingerprint density at radius 2 is 2.00 bits per heavy atom. The van der Waals surface area contributed by atoms with E-state index in [2.05, 4.69) is 10.6 Å². The molecule has 2 aliphatic rings. The number of rotatable bonds is 3. The van der Waals surface area contributed by atoms with Crippen molar-refractivity contribution < 1.29 is 4.79 Å². The van der Waals surface area contributed by atoms with Crippen molar-refractivity contribution in [3.05, 3.63) is 29.8 Å². The molecule has 5 heteroatoms. The van der Waals surface area contributed by atoms with E-state index in [1.165, 1.54) is 0 Å². The average molecular weight is 285 g/mol. The Balaban J connectivity index is 0.00000120. The number of halogens is 1. The zero-order chi connectivity index (χ0) is 11.8. The van der Waals surface area contributed by atoms with Crippen molar-refractivity contribution in [3.8, 4) is 0 Å². The van der Waals surface area contributed by atoms with Gasteiger partial charge < -0.3 is 10.6 Å². The van der Waals surface area contributed by atoms with Crippen LogP contribution in [0.25, 0.3) is 0 Å². The maximum absolute atomic E-state index is 12.2. The van der Waals surface area contributed by atoms with Crippen molar-refractivity contribution in [1.82, 2.24) is 10.6 Å². The van der Waals surface area contributed by atoms with Crippen LogP contribution in [0.15, 0.2) is 29.2 Å². The molecular formula is C13H17ClN2OS. The summed E-state index contributed by atoms with van der Waals surface area (Å²) in [5, 5.41) is 6.49. The van der Waals surface area contributed by atoms with Crippen molar-refractivity contribution in [2.24, 2.45) is 11.8 Å². The van der Waals surface area contributed by atoms with E-state index in [0.29, 0.717) is 17.9 Å². The summed E-state index contributed by atoms with van der Waals surface area (Å²) in [6.07, 6.45) is 2.00. The van der Waals surface area contributed by atoms with Gasteiger partial charge >= 0.3 is 0 Å². The molecule has 2 N–H and O–H groups in total. The number of thioether (sulfide) groups is 1. The van der Waals surface area contributed by atoms with Crippen LogP contribution in [-0.2, 0) is 0 Å². The number of fused-ring (bicyclic) bond motifs is 1. The largest absolute Gasteiger partial charge is 0.349 e. The normalized spacial score (nSPS) is 28.2. The molecule has 2 fully saturated rings. The third kappa shape index (κ3) is 2.37. The Kier molecular flexibility index (Phi) is 4.20. The summed E-state index contributed by atoms with van der Waals surface area (Å²) in [7, 11) is 0. The molecular weight excluding hydrogens is 268 g/mol. The first-order valence-electron chi connectivity index (χ1n) is 5.96. The number of carbonyl (C=O) groups is 1. The second-order valence-electron chi connectivity index (χ2n) is 4.69. The van der Waals surface area contributed by atoms with E-state index in [0.717, 1.165) is 23.5 Å². The maximum Gasteiger partial charge on any atom is 0.252 e. The summed E-state index contributed by atoms with van der Waals surface area (Å²) < 4.78 is 0. The monoisotopic (exact) mass is 284 g/mol. The molecule has 1 aromatic carbocycles. The molecule has 1 aliphatic heterocycles. The van der Waals surface area contributed by atoms with E-state index in [1.54, 1.807) is 11.8 Å². The third-order valence-corrected chi connectivity index (χ3v) is 4.54. The molecule has 18 heavy (non-hydrogen) atoms. The van der Waals surface area contributed by atoms with Crippen LogP contribution in [0, 0.1) is 11.8 Å². The molecule has 1 amide bonds. The smallest absolute Gasteiger partial charge is 0.252 e. The van der Waals surface area contributed by atoms with Crippen LogP contribution in [0.2, 0.25) is 0 Å². The van der Waals surface area contributed by atoms with Crippen molar-refractivity contribution in [3.63, 3.8) is 0 Å². The van der Waals surface area contributed by atoms with Crippen molar-refractivity contribution in [2.75, 3.05) is 19.3 Å². The molecule has 0 radical (unpaired) electrons. The van der Waals surface area contributed by atoms with Crippen LogP contribution in [0.4, 0.5) is 0 Å². The zero-order valence-corrected chi connectivity index (χ0v) is 11.8. The number of benzene rings is 1. The lowest BCUT2D eigenvalue weighted by Gasteiger charge is -2.10. The first-order valence-corrected chi connectivity index (χ1v) is 7.18. The third-order valence-electron chi connectivity index (χ3n) is 3.74. The topological polar surface area (TPSA) is 41.1 Å². The van der Waals surface area contributed by atoms with E-state index >= 15 is 0 Å². The predicted octanol–water partition coefficient (Wildman–Crippen LogP) is 1.78.